The van der Waals surface area contributed by atoms with Gasteiger partial charge in [-0.05, 0) is 71.9 Å². The fourth-order valence-electron chi connectivity index (χ4n) is 3.22. The minimum Gasteiger partial charge on any atom is -0.492 e. The molecule has 0 saturated carbocycles. The summed E-state index contributed by atoms with van der Waals surface area (Å²) in [7, 11) is 0. The van der Waals surface area contributed by atoms with Crippen LogP contribution in [0.3, 0.4) is 0 Å². The molecule has 0 radical (unpaired) electrons. The van der Waals surface area contributed by atoms with E-state index in [1.54, 1.807) is 60.7 Å². The van der Waals surface area contributed by atoms with E-state index in [1.807, 2.05) is 0 Å². The van der Waals surface area contributed by atoms with Gasteiger partial charge in [-0.15, -0.1) is 0 Å². The van der Waals surface area contributed by atoms with Gasteiger partial charge in [-0.1, -0.05) is 64.1 Å². The Morgan fingerprint density at radius 1 is 0.806 bits per heavy atom. The Balaban J connectivity index is 1.41. The minimum atomic E-state index is -0.422. The molecular formula is C25H16Cl5NO4S. The molecule has 0 spiro atoms. The molecule has 186 valence electrons. The van der Waals surface area contributed by atoms with Gasteiger partial charge in [-0.2, -0.15) is 0 Å². The number of imide groups is 1. The quantitative estimate of drug-likeness (QED) is 0.241. The maximum atomic E-state index is 12.8. The monoisotopic (exact) mass is 601 g/mol. The number of ether oxygens (including phenoxy) is 2. The second-order valence-corrected chi connectivity index (χ2v) is 10.6. The highest BCUT2D eigenvalue weighted by atomic mass is 35.5. The minimum absolute atomic E-state index is 0.103. The molecule has 3 aromatic rings. The van der Waals surface area contributed by atoms with E-state index in [4.69, 9.17) is 67.5 Å². The highest BCUT2D eigenvalue weighted by Gasteiger charge is 2.34. The van der Waals surface area contributed by atoms with Crippen LogP contribution in [0.4, 0.5) is 4.79 Å². The third kappa shape index (κ3) is 6.62. The van der Waals surface area contributed by atoms with E-state index < -0.39 is 5.91 Å². The van der Waals surface area contributed by atoms with Crippen LogP contribution in [0.2, 0.25) is 25.1 Å². The molecule has 0 atom stereocenters. The third-order valence-electron chi connectivity index (χ3n) is 4.98. The van der Waals surface area contributed by atoms with Gasteiger partial charge in [-0.3, -0.25) is 14.5 Å². The zero-order valence-corrected chi connectivity index (χ0v) is 22.9. The van der Waals surface area contributed by atoms with Crippen molar-refractivity contribution < 1.29 is 19.1 Å². The van der Waals surface area contributed by atoms with Crippen molar-refractivity contribution in [2.24, 2.45) is 0 Å². The number of hydrogen-bond acceptors (Lipinski definition) is 5. The van der Waals surface area contributed by atoms with E-state index in [2.05, 4.69) is 0 Å². The van der Waals surface area contributed by atoms with Crippen molar-refractivity contribution in [3.8, 4) is 11.5 Å². The van der Waals surface area contributed by atoms with E-state index in [0.29, 0.717) is 31.9 Å². The number of thioether (sulfide) groups is 1. The molecule has 0 aliphatic carbocycles. The van der Waals surface area contributed by atoms with Crippen molar-refractivity contribution >= 4 is 87.0 Å². The van der Waals surface area contributed by atoms with Crippen LogP contribution in [0.15, 0.2) is 59.5 Å². The van der Waals surface area contributed by atoms with Gasteiger partial charge >= 0.3 is 0 Å². The third-order valence-corrected chi connectivity index (χ3v) is 7.28. The van der Waals surface area contributed by atoms with E-state index in [-0.39, 0.29) is 45.7 Å². The van der Waals surface area contributed by atoms with E-state index in [0.717, 1.165) is 16.7 Å². The van der Waals surface area contributed by atoms with Crippen molar-refractivity contribution in [2.75, 3.05) is 13.2 Å². The Kier molecular flexibility index (Phi) is 8.99. The predicted molar refractivity (Wildman–Crippen MR) is 147 cm³/mol. The molecule has 1 aliphatic heterocycles. The zero-order chi connectivity index (χ0) is 25.8. The Labute approximate surface area is 236 Å². The number of rotatable bonds is 8. The summed E-state index contributed by atoms with van der Waals surface area (Å²) >= 11 is 31.6. The van der Waals surface area contributed by atoms with Gasteiger partial charge in [0.1, 0.15) is 19.0 Å². The largest absolute Gasteiger partial charge is 0.492 e. The van der Waals surface area contributed by atoms with Gasteiger partial charge in [0, 0.05) is 20.6 Å². The predicted octanol–water partition coefficient (Wildman–Crippen LogP) is 8.65. The zero-order valence-electron chi connectivity index (χ0n) is 18.3. The van der Waals surface area contributed by atoms with Crippen LogP contribution in [-0.2, 0) is 11.4 Å². The summed E-state index contributed by atoms with van der Waals surface area (Å²) in [6.07, 6.45) is 1.56. The molecule has 1 heterocycles. The molecule has 5 nitrogen and oxygen atoms in total. The molecule has 1 aliphatic rings. The highest BCUT2D eigenvalue weighted by molar-refractivity contribution is 8.18. The molecule has 1 fully saturated rings. The van der Waals surface area contributed by atoms with Crippen molar-refractivity contribution in [3.63, 3.8) is 0 Å². The number of halogens is 5. The Morgan fingerprint density at radius 2 is 1.47 bits per heavy atom. The summed E-state index contributed by atoms with van der Waals surface area (Å²) in [5, 5.41) is 1.67. The standard InChI is InChI=1S/C25H16Cl5NO4S/c26-16-3-5-18(6-4-16)34-8-7-31-24(32)22(36-25(31)33)11-14-9-20(29)23(21(30)10-14)35-13-15-1-2-17(27)12-19(15)28/h1-6,9-12H,7-8,13H2/b22-11-. The van der Waals surface area contributed by atoms with Gasteiger partial charge in [-0.25, -0.2) is 0 Å². The molecule has 1 saturated heterocycles. The van der Waals surface area contributed by atoms with Crippen LogP contribution < -0.4 is 9.47 Å². The lowest BCUT2D eigenvalue weighted by atomic mass is 10.2. The maximum absolute atomic E-state index is 12.8. The topological polar surface area (TPSA) is 55.8 Å². The van der Waals surface area contributed by atoms with E-state index in [9.17, 15) is 9.59 Å². The molecule has 0 unspecified atom stereocenters. The molecule has 3 aromatic carbocycles. The summed E-state index contributed by atoms with van der Waals surface area (Å²) in [5.74, 6) is 0.440. The molecular weight excluding hydrogens is 588 g/mol. The highest BCUT2D eigenvalue weighted by Crippen LogP contribution is 2.38. The van der Waals surface area contributed by atoms with Crippen LogP contribution >= 0.6 is 69.8 Å². The Bertz CT molecular complexity index is 1320. The second-order valence-electron chi connectivity index (χ2n) is 7.47. The summed E-state index contributed by atoms with van der Waals surface area (Å²) in [4.78, 5) is 26.6. The molecule has 4 rings (SSSR count). The van der Waals surface area contributed by atoms with E-state index >= 15 is 0 Å². The molecule has 0 aromatic heterocycles. The van der Waals surface area contributed by atoms with Crippen LogP contribution in [0.1, 0.15) is 11.1 Å². The molecule has 36 heavy (non-hydrogen) atoms. The summed E-state index contributed by atoms with van der Waals surface area (Å²) in [5.41, 5.74) is 1.26. The van der Waals surface area contributed by atoms with Crippen LogP contribution in [0.5, 0.6) is 11.5 Å². The summed E-state index contributed by atoms with van der Waals surface area (Å²) in [6.45, 7) is 0.381. The number of carbonyl (C=O) groups excluding carboxylic acids is 2. The smallest absolute Gasteiger partial charge is 0.293 e. The van der Waals surface area contributed by atoms with E-state index in [1.165, 1.54) is 0 Å². The van der Waals surface area contributed by atoms with Gasteiger partial charge in [0.15, 0.2) is 5.75 Å². The van der Waals surface area contributed by atoms with Crippen molar-refractivity contribution in [3.05, 3.63) is 95.7 Å². The van der Waals surface area contributed by atoms with Crippen LogP contribution in [-0.4, -0.2) is 29.2 Å². The molecule has 0 bridgehead atoms. The summed E-state index contributed by atoms with van der Waals surface area (Å²) in [6, 6.07) is 15.1. The normalized spacial score (nSPS) is 14.6. The van der Waals surface area contributed by atoms with Gasteiger partial charge in [0.2, 0.25) is 0 Å². The number of nitrogens with zero attached hydrogens (tertiary/aromatic N) is 1. The van der Waals surface area contributed by atoms with Crippen molar-refractivity contribution in [2.45, 2.75) is 6.61 Å². The molecule has 0 N–H and O–H groups in total. The Hall–Kier alpha value is -2.06. The van der Waals surface area contributed by atoms with Gasteiger partial charge < -0.3 is 9.47 Å². The first-order valence-corrected chi connectivity index (χ1v) is 13.1. The van der Waals surface area contributed by atoms with Crippen LogP contribution in [0, 0.1) is 0 Å². The summed E-state index contributed by atoms with van der Waals surface area (Å²) < 4.78 is 11.4. The van der Waals surface area contributed by atoms with Crippen LogP contribution in [0.25, 0.3) is 6.08 Å². The average molecular weight is 604 g/mol. The van der Waals surface area contributed by atoms with Gasteiger partial charge in [0.25, 0.3) is 11.1 Å². The first-order valence-electron chi connectivity index (χ1n) is 10.4. The fraction of sp³-hybridized carbons (Fsp3) is 0.120. The maximum Gasteiger partial charge on any atom is 0.293 e. The molecule has 11 heteroatoms. The van der Waals surface area contributed by atoms with Crippen molar-refractivity contribution in [1.82, 2.24) is 4.90 Å². The lowest BCUT2D eigenvalue weighted by molar-refractivity contribution is -0.123. The number of carbonyl (C=O) groups is 2. The van der Waals surface area contributed by atoms with Crippen molar-refractivity contribution in [1.29, 1.82) is 0 Å². The fourth-order valence-corrected chi connectivity index (χ4v) is 5.29. The first kappa shape index (κ1) is 27.0. The lowest BCUT2D eigenvalue weighted by Crippen LogP contribution is -2.32. The second kappa shape index (κ2) is 12.0. The lowest BCUT2D eigenvalue weighted by Gasteiger charge is -2.13. The average Bonchev–Trinajstić information content (AvgIpc) is 3.08. The first-order chi connectivity index (χ1) is 17.2. The number of hydrogen-bond donors (Lipinski definition) is 0. The van der Waals surface area contributed by atoms with Gasteiger partial charge in [0.05, 0.1) is 21.5 Å². The molecule has 2 amide bonds. The number of benzene rings is 3. The number of amides is 2. The Morgan fingerprint density at radius 3 is 2.14 bits per heavy atom. The SMILES string of the molecule is O=C1S/C(=C\c2cc(Cl)c(OCc3ccc(Cl)cc3Cl)c(Cl)c2)C(=O)N1CCOc1ccc(Cl)cc1.